The predicted octanol–water partition coefficient (Wildman–Crippen LogP) is 2.82. The Morgan fingerprint density at radius 3 is 2.48 bits per heavy atom. The van der Waals surface area contributed by atoms with Crippen LogP contribution >= 0.6 is 0 Å². The lowest BCUT2D eigenvalue weighted by Gasteiger charge is -2.30. The minimum atomic E-state index is -3.63. The maximum Gasteiger partial charge on any atom is 0.238 e. The van der Waals surface area contributed by atoms with E-state index in [0.29, 0.717) is 11.5 Å². The van der Waals surface area contributed by atoms with Gasteiger partial charge in [-0.05, 0) is 43.4 Å². The number of nitrogens with one attached hydrogen (secondary N) is 1. The maximum atomic E-state index is 12.9. The van der Waals surface area contributed by atoms with Crippen LogP contribution in [0.2, 0.25) is 0 Å². The van der Waals surface area contributed by atoms with E-state index in [1.165, 1.54) is 31.2 Å². The van der Waals surface area contributed by atoms with Gasteiger partial charge in [-0.15, -0.1) is 0 Å². The Hall–Kier alpha value is -1.43. The SMILES string of the molecule is C[C@@H]1CCCC[C@@H]1NC(=O)[C@H](C)S(=O)(=O)Cc1ccc(F)cc1. The first kappa shape index (κ1) is 17.9. The molecule has 1 aromatic carbocycles. The number of benzene rings is 1. The number of carbonyl (C=O) groups is 1. The number of halogens is 1. The van der Waals surface area contributed by atoms with Crippen molar-refractivity contribution in [3.63, 3.8) is 0 Å². The zero-order chi connectivity index (χ0) is 17.0. The van der Waals surface area contributed by atoms with Gasteiger partial charge < -0.3 is 5.32 Å². The van der Waals surface area contributed by atoms with Crippen molar-refractivity contribution in [2.45, 2.75) is 56.6 Å². The van der Waals surface area contributed by atoms with Crippen molar-refractivity contribution in [3.05, 3.63) is 35.6 Å². The molecule has 3 atom stereocenters. The fourth-order valence-corrected chi connectivity index (χ4v) is 4.23. The van der Waals surface area contributed by atoms with Crippen LogP contribution in [-0.4, -0.2) is 25.6 Å². The van der Waals surface area contributed by atoms with Crippen molar-refractivity contribution in [2.75, 3.05) is 0 Å². The van der Waals surface area contributed by atoms with Crippen LogP contribution in [0, 0.1) is 11.7 Å². The van der Waals surface area contributed by atoms with Crippen LogP contribution < -0.4 is 5.32 Å². The van der Waals surface area contributed by atoms with Crippen LogP contribution in [0.1, 0.15) is 45.1 Å². The number of sulfone groups is 1. The van der Waals surface area contributed by atoms with Crippen molar-refractivity contribution < 1.29 is 17.6 Å². The molecule has 0 aliphatic heterocycles. The summed E-state index contributed by atoms with van der Waals surface area (Å²) in [6.45, 7) is 3.50. The van der Waals surface area contributed by atoms with E-state index in [9.17, 15) is 17.6 Å². The number of rotatable bonds is 5. The quantitative estimate of drug-likeness (QED) is 0.896. The van der Waals surface area contributed by atoms with E-state index in [2.05, 4.69) is 12.2 Å². The summed E-state index contributed by atoms with van der Waals surface area (Å²) < 4.78 is 37.7. The smallest absolute Gasteiger partial charge is 0.238 e. The summed E-state index contributed by atoms with van der Waals surface area (Å²) in [5, 5.41) is 1.78. The topological polar surface area (TPSA) is 63.2 Å². The molecule has 0 spiro atoms. The molecule has 1 aromatic rings. The molecule has 2 rings (SSSR count). The summed E-state index contributed by atoms with van der Waals surface area (Å²) in [7, 11) is -3.63. The number of amides is 1. The molecule has 0 aromatic heterocycles. The van der Waals surface area contributed by atoms with Crippen LogP contribution in [0.15, 0.2) is 24.3 Å². The van der Waals surface area contributed by atoms with Crippen LogP contribution in [0.4, 0.5) is 4.39 Å². The van der Waals surface area contributed by atoms with Crippen LogP contribution in [-0.2, 0) is 20.4 Å². The molecule has 0 radical (unpaired) electrons. The van der Waals surface area contributed by atoms with E-state index in [1.54, 1.807) is 0 Å². The fraction of sp³-hybridized carbons (Fsp3) is 0.588. The average Bonchev–Trinajstić information content (AvgIpc) is 2.51. The van der Waals surface area contributed by atoms with Crippen molar-refractivity contribution >= 4 is 15.7 Å². The van der Waals surface area contributed by atoms with Crippen molar-refractivity contribution in [3.8, 4) is 0 Å². The predicted molar refractivity (Wildman–Crippen MR) is 88.0 cm³/mol. The zero-order valence-corrected chi connectivity index (χ0v) is 14.4. The second-order valence-electron chi connectivity index (χ2n) is 6.45. The first-order valence-corrected chi connectivity index (χ1v) is 9.77. The number of hydrogen-bond acceptors (Lipinski definition) is 3. The average molecular weight is 341 g/mol. The molecule has 1 aliphatic carbocycles. The highest BCUT2D eigenvalue weighted by Crippen LogP contribution is 2.24. The highest BCUT2D eigenvalue weighted by molar-refractivity contribution is 7.92. The van der Waals surface area contributed by atoms with E-state index < -0.39 is 26.8 Å². The van der Waals surface area contributed by atoms with Crippen molar-refractivity contribution in [2.24, 2.45) is 5.92 Å². The molecule has 1 amide bonds. The van der Waals surface area contributed by atoms with Gasteiger partial charge >= 0.3 is 0 Å². The minimum Gasteiger partial charge on any atom is -0.352 e. The van der Waals surface area contributed by atoms with Crippen molar-refractivity contribution in [1.29, 1.82) is 0 Å². The van der Waals surface area contributed by atoms with Gasteiger partial charge in [-0.2, -0.15) is 0 Å². The van der Waals surface area contributed by atoms with Crippen LogP contribution in [0.25, 0.3) is 0 Å². The Kier molecular flexibility index (Phi) is 5.79. The van der Waals surface area contributed by atoms with E-state index in [1.807, 2.05) is 0 Å². The lowest BCUT2D eigenvalue weighted by molar-refractivity contribution is -0.121. The first-order chi connectivity index (χ1) is 10.8. The van der Waals surface area contributed by atoms with Crippen molar-refractivity contribution in [1.82, 2.24) is 5.32 Å². The second kappa shape index (κ2) is 7.43. The van der Waals surface area contributed by atoms with Gasteiger partial charge in [0.1, 0.15) is 11.1 Å². The molecule has 0 unspecified atom stereocenters. The van der Waals surface area contributed by atoms with Gasteiger partial charge in [0, 0.05) is 6.04 Å². The summed E-state index contributed by atoms with van der Waals surface area (Å²) in [4.78, 5) is 12.3. The molecule has 23 heavy (non-hydrogen) atoms. The molecule has 1 N–H and O–H groups in total. The minimum absolute atomic E-state index is 0.0553. The van der Waals surface area contributed by atoms with Gasteiger partial charge in [0.15, 0.2) is 9.84 Å². The lowest BCUT2D eigenvalue weighted by atomic mass is 9.86. The Labute approximate surface area is 137 Å². The van der Waals surface area contributed by atoms with Crippen LogP contribution in [0.5, 0.6) is 0 Å². The molecule has 1 aliphatic rings. The molecule has 128 valence electrons. The van der Waals surface area contributed by atoms with Gasteiger partial charge in [-0.3, -0.25) is 4.79 Å². The third kappa shape index (κ3) is 4.77. The zero-order valence-electron chi connectivity index (χ0n) is 13.6. The number of hydrogen-bond donors (Lipinski definition) is 1. The molecule has 0 bridgehead atoms. The summed E-state index contributed by atoms with van der Waals surface area (Å²) >= 11 is 0. The monoisotopic (exact) mass is 341 g/mol. The Balaban J connectivity index is 2.00. The molecule has 4 nitrogen and oxygen atoms in total. The van der Waals surface area contributed by atoms with E-state index in [0.717, 1.165) is 25.7 Å². The van der Waals surface area contributed by atoms with Gasteiger partial charge in [-0.1, -0.05) is 31.9 Å². The van der Waals surface area contributed by atoms with Crippen LogP contribution in [0.3, 0.4) is 0 Å². The fourth-order valence-electron chi connectivity index (χ4n) is 2.93. The van der Waals surface area contributed by atoms with Gasteiger partial charge in [0.25, 0.3) is 0 Å². The Morgan fingerprint density at radius 1 is 1.26 bits per heavy atom. The third-order valence-electron chi connectivity index (χ3n) is 4.63. The van der Waals surface area contributed by atoms with Gasteiger partial charge in [0.2, 0.25) is 5.91 Å². The highest BCUT2D eigenvalue weighted by Gasteiger charge is 2.31. The Morgan fingerprint density at radius 2 is 1.87 bits per heavy atom. The molecule has 0 saturated heterocycles. The van der Waals surface area contributed by atoms with E-state index in [-0.39, 0.29) is 11.8 Å². The Bertz CT molecular complexity index is 642. The third-order valence-corrected chi connectivity index (χ3v) is 6.66. The summed E-state index contributed by atoms with van der Waals surface area (Å²) in [6, 6.07) is 5.36. The van der Waals surface area contributed by atoms with Gasteiger partial charge in [0.05, 0.1) is 5.75 Å². The summed E-state index contributed by atoms with van der Waals surface area (Å²) in [5.41, 5.74) is 0.483. The van der Waals surface area contributed by atoms with Gasteiger partial charge in [-0.25, -0.2) is 12.8 Å². The summed E-state index contributed by atoms with van der Waals surface area (Å²) in [5.74, 6) is -0.740. The molecule has 1 saturated carbocycles. The second-order valence-corrected chi connectivity index (χ2v) is 8.77. The number of carbonyl (C=O) groups excluding carboxylic acids is 1. The molecule has 6 heteroatoms. The highest BCUT2D eigenvalue weighted by atomic mass is 32.2. The standard InChI is InChI=1S/C17H24FNO3S/c1-12-5-3-4-6-16(12)19-17(20)13(2)23(21,22)11-14-7-9-15(18)10-8-14/h7-10,12-13,16H,3-6,11H2,1-2H3,(H,19,20)/t12-,13+,16+/m1/s1. The molecular weight excluding hydrogens is 317 g/mol. The largest absolute Gasteiger partial charge is 0.352 e. The molecule has 1 fully saturated rings. The summed E-state index contributed by atoms with van der Waals surface area (Å²) in [6.07, 6.45) is 4.18. The normalized spacial score (nSPS) is 23.3. The molecule has 0 heterocycles. The van der Waals surface area contributed by atoms with E-state index >= 15 is 0 Å². The lowest BCUT2D eigenvalue weighted by Crippen LogP contribution is -2.47. The first-order valence-electron chi connectivity index (χ1n) is 8.06. The maximum absolute atomic E-state index is 12.9. The molecular formula is C17H24FNO3S. The van der Waals surface area contributed by atoms with E-state index in [4.69, 9.17) is 0 Å².